The van der Waals surface area contributed by atoms with Crippen LogP contribution in [0.25, 0.3) is 0 Å². The molecular formula is C33H31N5O3. The number of carbonyl (C=O) groups is 3. The molecule has 206 valence electrons. The average Bonchev–Trinajstić information content (AvgIpc) is 3.38. The molecule has 4 aromatic carbocycles. The third-order valence-corrected chi connectivity index (χ3v) is 8.03. The van der Waals surface area contributed by atoms with Crippen LogP contribution >= 0.6 is 0 Å². The van der Waals surface area contributed by atoms with Gasteiger partial charge in [-0.05, 0) is 28.3 Å². The number of likely N-dealkylation sites (tertiary alicyclic amines) is 1. The van der Waals surface area contributed by atoms with Gasteiger partial charge in [-0.1, -0.05) is 109 Å². The number of anilines is 1. The fourth-order valence-electron chi connectivity index (χ4n) is 6.13. The summed E-state index contributed by atoms with van der Waals surface area (Å²) in [6.07, 6.45) is 0. The van der Waals surface area contributed by atoms with Crippen molar-refractivity contribution in [1.29, 1.82) is 0 Å². The van der Waals surface area contributed by atoms with E-state index in [2.05, 4.69) is 16.0 Å². The minimum absolute atomic E-state index is 0.111. The van der Waals surface area contributed by atoms with Crippen LogP contribution < -0.4 is 21.7 Å². The van der Waals surface area contributed by atoms with Crippen molar-refractivity contribution >= 4 is 23.4 Å². The number of hydrogen-bond donors (Lipinski definition) is 4. The molecule has 0 unspecified atom stereocenters. The Morgan fingerprint density at radius 1 is 0.732 bits per heavy atom. The average molecular weight is 546 g/mol. The SMILES string of the molecule is N[C@]12Nc3ccccc3[C@@]1(C(=O)NCc1ccccc1)[C@@H](C(=O)NCc1ccccc1)N(Cc1ccccc1)C2=O. The number of amides is 3. The lowest BCUT2D eigenvalue weighted by Crippen LogP contribution is -2.69. The van der Waals surface area contributed by atoms with Gasteiger partial charge in [-0.2, -0.15) is 0 Å². The lowest BCUT2D eigenvalue weighted by atomic mass is 9.68. The fourth-order valence-corrected chi connectivity index (χ4v) is 6.13. The molecule has 2 aliphatic heterocycles. The van der Waals surface area contributed by atoms with Gasteiger partial charge >= 0.3 is 0 Å². The van der Waals surface area contributed by atoms with Crippen molar-refractivity contribution in [3.8, 4) is 0 Å². The van der Waals surface area contributed by atoms with E-state index < -0.39 is 34.8 Å². The van der Waals surface area contributed by atoms with E-state index in [0.29, 0.717) is 11.3 Å². The number of nitrogens with zero attached hydrogens (tertiary/aromatic N) is 1. The molecule has 0 aliphatic carbocycles. The number of nitrogens with two attached hydrogens (primary N) is 1. The number of para-hydroxylation sites is 1. The Labute approximate surface area is 238 Å². The molecule has 2 heterocycles. The molecule has 8 heteroatoms. The number of fused-ring (bicyclic) bond motifs is 3. The predicted molar refractivity (Wildman–Crippen MR) is 156 cm³/mol. The number of rotatable bonds is 8. The second kappa shape index (κ2) is 10.6. The van der Waals surface area contributed by atoms with Gasteiger partial charge in [-0.25, -0.2) is 0 Å². The monoisotopic (exact) mass is 545 g/mol. The van der Waals surface area contributed by atoms with E-state index in [4.69, 9.17) is 5.73 Å². The van der Waals surface area contributed by atoms with Gasteiger partial charge in [-0.3, -0.25) is 20.1 Å². The molecule has 41 heavy (non-hydrogen) atoms. The summed E-state index contributed by atoms with van der Waals surface area (Å²) in [4.78, 5) is 44.6. The van der Waals surface area contributed by atoms with Crippen LogP contribution in [0.15, 0.2) is 115 Å². The largest absolute Gasteiger partial charge is 0.358 e. The Bertz CT molecular complexity index is 1580. The Morgan fingerprint density at radius 2 is 1.24 bits per heavy atom. The summed E-state index contributed by atoms with van der Waals surface area (Å²) in [5.41, 5.74) is 7.03. The van der Waals surface area contributed by atoms with Crippen LogP contribution in [0, 0.1) is 0 Å². The smallest absolute Gasteiger partial charge is 0.265 e. The third-order valence-electron chi connectivity index (χ3n) is 8.03. The molecule has 5 N–H and O–H groups in total. The van der Waals surface area contributed by atoms with Gasteiger partial charge in [0.15, 0.2) is 11.1 Å². The van der Waals surface area contributed by atoms with Gasteiger partial charge in [0.2, 0.25) is 11.8 Å². The Hall–Kier alpha value is -4.95. The quantitative estimate of drug-likeness (QED) is 0.272. The van der Waals surface area contributed by atoms with Crippen molar-refractivity contribution in [2.45, 2.75) is 36.8 Å². The van der Waals surface area contributed by atoms with E-state index in [1.807, 2.05) is 97.1 Å². The predicted octanol–water partition coefficient (Wildman–Crippen LogP) is 3.05. The maximum atomic E-state index is 14.5. The summed E-state index contributed by atoms with van der Waals surface area (Å²) < 4.78 is 0. The van der Waals surface area contributed by atoms with Crippen LogP contribution in [-0.2, 0) is 39.4 Å². The summed E-state index contributed by atoms with van der Waals surface area (Å²) in [7, 11) is 0. The Morgan fingerprint density at radius 3 is 1.85 bits per heavy atom. The zero-order valence-corrected chi connectivity index (χ0v) is 22.4. The molecule has 0 saturated carbocycles. The summed E-state index contributed by atoms with van der Waals surface area (Å²) in [5, 5.41) is 9.17. The molecule has 0 bridgehead atoms. The maximum absolute atomic E-state index is 14.5. The first-order valence-corrected chi connectivity index (χ1v) is 13.6. The molecule has 0 radical (unpaired) electrons. The van der Waals surface area contributed by atoms with Crippen molar-refractivity contribution in [2.24, 2.45) is 5.73 Å². The van der Waals surface area contributed by atoms with Crippen molar-refractivity contribution < 1.29 is 14.4 Å². The van der Waals surface area contributed by atoms with Gasteiger partial charge < -0.3 is 20.9 Å². The first-order valence-electron chi connectivity index (χ1n) is 13.6. The van der Waals surface area contributed by atoms with Crippen LogP contribution in [0.1, 0.15) is 22.3 Å². The van der Waals surface area contributed by atoms with Gasteiger partial charge in [0, 0.05) is 25.3 Å². The van der Waals surface area contributed by atoms with Crippen LogP contribution in [-0.4, -0.2) is 34.3 Å². The molecule has 2 aliphatic rings. The van der Waals surface area contributed by atoms with Crippen LogP contribution in [0.2, 0.25) is 0 Å². The summed E-state index contributed by atoms with van der Waals surface area (Å²) >= 11 is 0. The molecular weight excluding hydrogens is 514 g/mol. The van der Waals surface area contributed by atoms with Gasteiger partial charge in [0.1, 0.15) is 6.04 Å². The van der Waals surface area contributed by atoms with E-state index in [0.717, 1.165) is 16.7 Å². The number of hydrogen-bond acceptors (Lipinski definition) is 5. The molecule has 6 rings (SSSR count). The Kier molecular flexibility index (Phi) is 6.77. The summed E-state index contributed by atoms with van der Waals surface area (Å²) in [6, 6.07) is 34.3. The summed E-state index contributed by atoms with van der Waals surface area (Å²) in [5.74, 6) is -1.48. The van der Waals surface area contributed by atoms with Crippen LogP contribution in [0.3, 0.4) is 0 Å². The van der Waals surface area contributed by atoms with E-state index in [-0.39, 0.29) is 19.6 Å². The lowest BCUT2D eigenvalue weighted by molar-refractivity contribution is -0.138. The van der Waals surface area contributed by atoms with Gasteiger partial charge in [0.25, 0.3) is 5.91 Å². The van der Waals surface area contributed by atoms with Crippen LogP contribution in [0.5, 0.6) is 0 Å². The topological polar surface area (TPSA) is 117 Å². The zero-order chi connectivity index (χ0) is 28.5. The highest BCUT2D eigenvalue weighted by atomic mass is 16.2. The van der Waals surface area contributed by atoms with Crippen molar-refractivity contribution in [3.63, 3.8) is 0 Å². The first-order chi connectivity index (χ1) is 19.9. The third kappa shape index (κ3) is 4.33. The Balaban J connectivity index is 1.46. The molecule has 3 atom stereocenters. The first kappa shape index (κ1) is 26.3. The highest BCUT2D eigenvalue weighted by Crippen LogP contribution is 2.54. The fraction of sp³-hybridized carbons (Fsp3) is 0.182. The minimum Gasteiger partial charge on any atom is -0.358 e. The van der Waals surface area contributed by atoms with E-state index in [1.165, 1.54) is 4.90 Å². The molecule has 8 nitrogen and oxygen atoms in total. The van der Waals surface area contributed by atoms with Crippen molar-refractivity contribution in [1.82, 2.24) is 15.5 Å². The van der Waals surface area contributed by atoms with Crippen molar-refractivity contribution in [2.75, 3.05) is 5.32 Å². The lowest BCUT2D eigenvalue weighted by Gasteiger charge is -2.37. The molecule has 4 aromatic rings. The summed E-state index contributed by atoms with van der Waals surface area (Å²) in [6.45, 7) is 0.558. The van der Waals surface area contributed by atoms with E-state index >= 15 is 0 Å². The highest BCUT2D eigenvalue weighted by molar-refractivity contribution is 6.14. The van der Waals surface area contributed by atoms with E-state index in [1.54, 1.807) is 18.2 Å². The number of carbonyl (C=O) groups excluding carboxylic acids is 3. The van der Waals surface area contributed by atoms with Gasteiger partial charge in [-0.15, -0.1) is 0 Å². The second-order valence-electron chi connectivity index (χ2n) is 10.5. The van der Waals surface area contributed by atoms with Crippen LogP contribution in [0.4, 0.5) is 5.69 Å². The normalized spacial score (nSPS) is 22.4. The maximum Gasteiger partial charge on any atom is 0.265 e. The standard InChI is InChI=1S/C33H31N5O3/c34-33-31(41)38(22-25-16-8-3-9-17-25)28(29(39)35-20-23-12-4-1-5-13-23)32(33,26-18-10-11-19-27(26)37-33)30(40)36-21-24-14-6-2-7-15-24/h1-19,28,37H,20-22,34H2,(H,35,39)(H,36,40)/t28-,32+,33-/m1/s1. The molecule has 1 fully saturated rings. The molecule has 3 amide bonds. The highest BCUT2D eigenvalue weighted by Gasteiger charge is 2.77. The number of nitrogens with one attached hydrogen (secondary N) is 3. The zero-order valence-electron chi connectivity index (χ0n) is 22.4. The molecule has 0 spiro atoms. The van der Waals surface area contributed by atoms with Gasteiger partial charge in [0.05, 0.1) is 0 Å². The van der Waals surface area contributed by atoms with E-state index in [9.17, 15) is 14.4 Å². The minimum atomic E-state index is -1.89. The van der Waals surface area contributed by atoms with Crippen molar-refractivity contribution in [3.05, 3.63) is 138 Å². The molecule has 0 aromatic heterocycles. The second-order valence-corrected chi connectivity index (χ2v) is 10.5. The number of benzene rings is 4. The molecule has 1 saturated heterocycles.